The smallest absolute Gasteiger partial charge is 0.260 e. The van der Waals surface area contributed by atoms with Gasteiger partial charge >= 0.3 is 0 Å². The number of thiazole rings is 1. The Balaban J connectivity index is 1.84. The van der Waals surface area contributed by atoms with Gasteiger partial charge in [-0.2, -0.15) is 5.10 Å². The fourth-order valence-corrected chi connectivity index (χ4v) is 3.89. The minimum atomic E-state index is -2.75. The number of alkyl halides is 2. The molecule has 4 rings (SSSR count). The SMILES string of the molecule is Fc1ccccc1Cn1nc(-c2nc(C(F)F)c(Cl)s2)c2ccccc21. The van der Waals surface area contributed by atoms with Crippen molar-refractivity contribution in [2.75, 3.05) is 0 Å². The fourth-order valence-electron chi connectivity index (χ4n) is 2.74. The Morgan fingerprint density at radius 1 is 1.08 bits per heavy atom. The molecule has 2 aromatic heterocycles. The van der Waals surface area contributed by atoms with Gasteiger partial charge in [-0.05, 0) is 12.1 Å². The first-order chi connectivity index (χ1) is 12.5. The van der Waals surface area contributed by atoms with E-state index in [1.807, 2.05) is 24.3 Å². The predicted molar refractivity (Wildman–Crippen MR) is 96.3 cm³/mol. The number of rotatable bonds is 4. The highest BCUT2D eigenvalue weighted by Crippen LogP contribution is 2.38. The molecule has 0 unspecified atom stereocenters. The quantitative estimate of drug-likeness (QED) is 0.429. The summed E-state index contributed by atoms with van der Waals surface area (Å²) in [5.74, 6) is -0.328. The van der Waals surface area contributed by atoms with Crippen LogP contribution in [0.1, 0.15) is 17.7 Å². The summed E-state index contributed by atoms with van der Waals surface area (Å²) in [6, 6.07) is 13.8. The monoisotopic (exact) mass is 393 g/mol. The fraction of sp³-hybridized carbons (Fsp3) is 0.111. The summed E-state index contributed by atoms with van der Waals surface area (Å²) in [6.45, 7) is 0.216. The van der Waals surface area contributed by atoms with Crippen LogP contribution in [-0.4, -0.2) is 14.8 Å². The average molecular weight is 394 g/mol. The van der Waals surface area contributed by atoms with E-state index >= 15 is 0 Å². The maximum atomic E-state index is 14.0. The molecule has 0 saturated heterocycles. The van der Waals surface area contributed by atoms with E-state index in [1.54, 1.807) is 22.9 Å². The highest BCUT2D eigenvalue weighted by Gasteiger charge is 2.22. The van der Waals surface area contributed by atoms with E-state index in [4.69, 9.17) is 11.6 Å². The zero-order valence-electron chi connectivity index (χ0n) is 13.2. The van der Waals surface area contributed by atoms with E-state index in [-0.39, 0.29) is 16.7 Å². The molecule has 2 aromatic carbocycles. The van der Waals surface area contributed by atoms with Crippen LogP contribution in [0.15, 0.2) is 48.5 Å². The third kappa shape index (κ3) is 2.97. The van der Waals surface area contributed by atoms with Crippen LogP contribution in [0.2, 0.25) is 4.34 Å². The molecule has 0 bridgehead atoms. The molecule has 4 aromatic rings. The first-order valence-corrected chi connectivity index (χ1v) is 8.87. The normalized spacial score (nSPS) is 11.6. The molecular weight excluding hydrogens is 383 g/mol. The van der Waals surface area contributed by atoms with Gasteiger partial charge in [0.05, 0.1) is 12.1 Å². The summed E-state index contributed by atoms with van der Waals surface area (Å²) >= 11 is 6.85. The highest BCUT2D eigenvalue weighted by molar-refractivity contribution is 7.19. The number of hydrogen-bond acceptors (Lipinski definition) is 3. The summed E-state index contributed by atoms with van der Waals surface area (Å²) in [6.07, 6.45) is -2.75. The van der Waals surface area contributed by atoms with Gasteiger partial charge in [0.25, 0.3) is 6.43 Å². The second-order valence-corrected chi connectivity index (χ2v) is 7.19. The lowest BCUT2D eigenvalue weighted by atomic mass is 10.2. The number of para-hydroxylation sites is 1. The molecule has 0 fully saturated rings. The van der Waals surface area contributed by atoms with Crippen molar-refractivity contribution in [3.8, 4) is 10.7 Å². The molecule has 0 aliphatic rings. The number of fused-ring (bicyclic) bond motifs is 1. The number of benzene rings is 2. The molecule has 8 heteroatoms. The van der Waals surface area contributed by atoms with Gasteiger partial charge in [0.15, 0.2) is 0 Å². The van der Waals surface area contributed by atoms with E-state index in [0.29, 0.717) is 16.3 Å². The van der Waals surface area contributed by atoms with Crippen molar-refractivity contribution >= 4 is 33.8 Å². The molecule has 0 saturated carbocycles. The highest BCUT2D eigenvalue weighted by atomic mass is 35.5. The maximum absolute atomic E-state index is 14.0. The molecule has 2 heterocycles. The first-order valence-electron chi connectivity index (χ1n) is 7.68. The van der Waals surface area contributed by atoms with Crippen LogP contribution < -0.4 is 0 Å². The Kier molecular flexibility index (Phi) is 4.42. The molecule has 0 radical (unpaired) electrons. The van der Waals surface area contributed by atoms with Gasteiger partial charge in [-0.25, -0.2) is 18.2 Å². The second-order valence-electron chi connectivity index (χ2n) is 5.59. The molecule has 0 N–H and O–H groups in total. The van der Waals surface area contributed by atoms with Gasteiger partial charge in [0, 0.05) is 10.9 Å². The molecule has 0 spiro atoms. The molecule has 3 nitrogen and oxygen atoms in total. The second kappa shape index (κ2) is 6.74. The number of hydrogen-bond donors (Lipinski definition) is 0. The Labute approximate surface area is 155 Å². The standard InChI is InChI=1S/C18H11ClF3N3S/c19-16-15(17(21)22)23-18(26-16)14-11-6-2-4-8-13(11)25(24-14)9-10-5-1-3-7-12(10)20/h1-8,17H,9H2. The van der Waals surface area contributed by atoms with Crippen LogP contribution in [0.3, 0.4) is 0 Å². The van der Waals surface area contributed by atoms with Crippen molar-refractivity contribution < 1.29 is 13.2 Å². The maximum Gasteiger partial charge on any atom is 0.282 e. The summed E-state index contributed by atoms with van der Waals surface area (Å²) < 4.78 is 41.6. The number of halogens is 4. The van der Waals surface area contributed by atoms with Crippen LogP contribution in [0.25, 0.3) is 21.6 Å². The van der Waals surface area contributed by atoms with E-state index in [2.05, 4.69) is 10.1 Å². The Bertz CT molecular complexity index is 1090. The number of nitrogens with zero attached hydrogens (tertiary/aromatic N) is 3. The summed E-state index contributed by atoms with van der Waals surface area (Å²) in [7, 11) is 0. The number of aromatic nitrogens is 3. The van der Waals surface area contributed by atoms with Gasteiger partial charge in [0.2, 0.25) is 0 Å². The lowest BCUT2D eigenvalue weighted by molar-refractivity contribution is 0.147. The predicted octanol–water partition coefficient (Wildman–Crippen LogP) is 5.94. The van der Waals surface area contributed by atoms with Crippen molar-refractivity contribution in [1.82, 2.24) is 14.8 Å². The summed E-state index contributed by atoms with van der Waals surface area (Å²) in [4.78, 5) is 3.95. The van der Waals surface area contributed by atoms with Crippen molar-refractivity contribution in [3.05, 3.63) is 69.9 Å². The zero-order valence-corrected chi connectivity index (χ0v) is 14.7. The minimum Gasteiger partial charge on any atom is -0.260 e. The lowest BCUT2D eigenvalue weighted by Gasteiger charge is -2.04. The van der Waals surface area contributed by atoms with Crippen LogP contribution in [0.5, 0.6) is 0 Å². The average Bonchev–Trinajstić information content (AvgIpc) is 3.18. The molecular formula is C18H11ClF3N3S. The van der Waals surface area contributed by atoms with Crippen molar-refractivity contribution in [3.63, 3.8) is 0 Å². The van der Waals surface area contributed by atoms with E-state index < -0.39 is 12.1 Å². The summed E-state index contributed by atoms with van der Waals surface area (Å²) in [5.41, 5.74) is 1.25. The van der Waals surface area contributed by atoms with Crippen LogP contribution >= 0.6 is 22.9 Å². The van der Waals surface area contributed by atoms with Gasteiger partial charge in [-0.15, -0.1) is 0 Å². The molecule has 26 heavy (non-hydrogen) atoms. The van der Waals surface area contributed by atoms with E-state index in [1.165, 1.54) is 6.07 Å². The molecule has 0 amide bonds. The third-order valence-corrected chi connectivity index (χ3v) is 5.25. The first kappa shape index (κ1) is 17.1. The minimum absolute atomic E-state index is 0.0530. The zero-order chi connectivity index (χ0) is 18.3. The van der Waals surface area contributed by atoms with Crippen molar-refractivity contribution in [2.24, 2.45) is 0 Å². The molecule has 0 aliphatic carbocycles. The van der Waals surface area contributed by atoms with Gasteiger partial charge in [-0.3, -0.25) is 4.68 Å². The van der Waals surface area contributed by atoms with Crippen molar-refractivity contribution in [1.29, 1.82) is 0 Å². The van der Waals surface area contributed by atoms with Crippen LogP contribution in [0.4, 0.5) is 13.2 Å². The Hall–Kier alpha value is -2.38. The summed E-state index contributed by atoms with van der Waals surface area (Å²) in [5, 5.41) is 5.56. The Morgan fingerprint density at radius 3 is 2.54 bits per heavy atom. The van der Waals surface area contributed by atoms with Crippen LogP contribution in [0, 0.1) is 5.82 Å². The van der Waals surface area contributed by atoms with E-state index in [0.717, 1.165) is 22.2 Å². The van der Waals surface area contributed by atoms with Gasteiger partial charge < -0.3 is 0 Å². The topological polar surface area (TPSA) is 30.7 Å². The third-order valence-electron chi connectivity index (χ3n) is 3.95. The van der Waals surface area contributed by atoms with Crippen molar-refractivity contribution in [2.45, 2.75) is 13.0 Å². The Morgan fingerprint density at radius 2 is 1.81 bits per heavy atom. The van der Waals surface area contributed by atoms with Gasteiger partial charge in [0.1, 0.15) is 26.5 Å². The van der Waals surface area contributed by atoms with E-state index in [9.17, 15) is 13.2 Å². The van der Waals surface area contributed by atoms with Gasteiger partial charge in [-0.1, -0.05) is 59.3 Å². The molecule has 0 atom stereocenters. The molecule has 132 valence electrons. The largest absolute Gasteiger partial charge is 0.282 e. The lowest BCUT2D eigenvalue weighted by Crippen LogP contribution is -2.03. The molecule has 0 aliphatic heterocycles. The van der Waals surface area contributed by atoms with Crippen LogP contribution in [-0.2, 0) is 6.54 Å².